The van der Waals surface area contributed by atoms with Crippen molar-refractivity contribution in [3.05, 3.63) is 63.7 Å². The fraction of sp³-hybridized carbons (Fsp3) is 0.133. The maximum atomic E-state index is 6.29. The average molecular weight is 333 g/mol. The Labute approximate surface area is 124 Å². The molecule has 2 N–H and O–H groups in total. The Bertz CT molecular complexity index is 708. The van der Waals surface area contributed by atoms with Crippen LogP contribution in [0, 0.1) is 0 Å². The Balaban J connectivity index is 1.91. The predicted molar refractivity (Wildman–Crippen MR) is 84.4 cm³/mol. The number of pyridine rings is 1. The first-order chi connectivity index (χ1) is 9.25. The Kier molecular flexibility index (Phi) is 3.64. The number of rotatable bonds is 3. The standard InChI is InChI=1S/C15H13BrN2S/c16-12-5-3-7-18-15(12)13(17)8-10-9-19-14-6-2-1-4-11(10)14/h1-7,9,13H,8,17H2. The summed E-state index contributed by atoms with van der Waals surface area (Å²) in [5.74, 6) is 0. The van der Waals surface area contributed by atoms with E-state index in [-0.39, 0.29) is 6.04 Å². The molecule has 4 heteroatoms. The number of fused-ring (bicyclic) bond motifs is 1. The van der Waals surface area contributed by atoms with Crippen LogP contribution in [0.2, 0.25) is 0 Å². The number of thiophene rings is 1. The molecule has 3 rings (SSSR count). The number of nitrogens with zero attached hydrogens (tertiary/aromatic N) is 1. The Morgan fingerprint density at radius 1 is 1.21 bits per heavy atom. The lowest BCUT2D eigenvalue weighted by molar-refractivity contribution is 0.696. The summed E-state index contributed by atoms with van der Waals surface area (Å²) in [7, 11) is 0. The van der Waals surface area contributed by atoms with Crippen molar-refractivity contribution in [3.8, 4) is 0 Å². The van der Waals surface area contributed by atoms with Gasteiger partial charge in [-0.15, -0.1) is 11.3 Å². The van der Waals surface area contributed by atoms with Crippen molar-refractivity contribution in [2.75, 3.05) is 0 Å². The van der Waals surface area contributed by atoms with Gasteiger partial charge in [-0.1, -0.05) is 18.2 Å². The Morgan fingerprint density at radius 2 is 2.05 bits per heavy atom. The quantitative estimate of drug-likeness (QED) is 0.776. The molecule has 2 heterocycles. The van der Waals surface area contributed by atoms with Gasteiger partial charge in [0.15, 0.2) is 0 Å². The summed E-state index contributed by atoms with van der Waals surface area (Å²) in [5.41, 5.74) is 8.50. The van der Waals surface area contributed by atoms with E-state index < -0.39 is 0 Å². The second-order valence-corrected chi connectivity index (χ2v) is 6.20. The number of hydrogen-bond donors (Lipinski definition) is 1. The van der Waals surface area contributed by atoms with Gasteiger partial charge in [0.25, 0.3) is 0 Å². The lowest BCUT2D eigenvalue weighted by atomic mass is 10.0. The maximum Gasteiger partial charge on any atom is 0.0716 e. The van der Waals surface area contributed by atoms with Gasteiger partial charge in [0.2, 0.25) is 0 Å². The number of aromatic nitrogens is 1. The molecule has 0 amide bonds. The van der Waals surface area contributed by atoms with Crippen LogP contribution in [0.15, 0.2) is 52.4 Å². The van der Waals surface area contributed by atoms with E-state index in [1.165, 1.54) is 15.6 Å². The SMILES string of the molecule is NC(Cc1csc2ccccc12)c1ncccc1Br. The van der Waals surface area contributed by atoms with Crippen molar-refractivity contribution < 1.29 is 0 Å². The van der Waals surface area contributed by atoms with Crippen LogP contribution in [0.3, 0.4) is 0 Å². The van der Waals surface area contributed by atoms with Crippen LogP contribution >= 0.6 is 27.3 Å². The summed E-state index contributed by atoms with van der Waals surface area (Å²) in [4.78, 5) is 4.37. The Hall–Kier alpha value is -1.23. The molecule has 0 bridgehead atoms. The van der Waals surface area contributed by atoms with Crippen molar-refractivity contribution in [3.63, 3.8) is 0 Å². The first kappa shape index (κ1) is 12.8. The minimum Gasteiger partial charge on any atom is -0.322 e. The van der Waals surface area contributed by atoms with Crippen molar-refractivity contribution in [2.24, 2.45) is 5.73 Å². The minimum absolute atomic E-state index is 0.0893. The summed E-state index contributed by atoms with van der Waals surface area (Å²) in [6, 6.07) is 12.2. The third kappa shape index (κ3) is 2.56. The molecule has 1 aromatic carbocycles. The molecule has 0 saturated carbocycles. The van der Waals surface area contributed by atoms with Crippen molar-refractivity contribution in [1.29, 1.82) is 0 Å². The van der Waals surface area contributed by atoms with E-state index in [0.29, 0.717) is 0 Å². The third-order valence-corrected chi connectivity index (χ3v) is 4.82. The van der Waals surface area contributed by atoms with Gasteiger partial charge in [0, 0.05) is 15.4 Å². The van der Waals surface area contributed by atoms with Crippen molar-refractivity contribution in [2.45, 2.75) is 12.5 Å². The van der Waals surface area contributed by atoms with E-state index in [1.54, 1.807) is 17.5 Å². The van der Waals surface area contributed by atoms with Crippen LogP contribution < -0.4 is 5.73 Å². The van der Waals surface area contributed by atoms with Gasteiger partial charge in [-0.05, 0) is 56.9 Å². The largest absolute Gasteiger partial charge is 0.322 e. The van der Waals surface area contributed by atoms with Crippen LogP contribution in [0.1, 0.15) is 17.3 Å². The highest BCUT2D eigenvalue weighted by molar-refractivity contribution is 9.10. The summed E-state index contributed by atoms with van der Waals surface area (Å²) in [5, 5.41) is 3.50. The van der Waals surface area contributed by atoms with Crippen LogP contribution in [0.25, 0.3) is 10.1 Å². The molecule has 2 aromatic heterocycles. The maximum absolute atomic E-state index is 6.29. The smallest absolute Gasteiger partial charge is 0.0716 e. The number of halogens is 1. The molecule has 96 valence electrons. The Morgan fingerprint density at radius 3 is 2.89 bits per heavy atom. The van der Waals surface area contributed by atoms with Gasteiger partial charge in [0.1, 0.15) is 0 Å². The summed E-state index contributed by atoms with van der Waals surface area (Å²) < 4.78 is 2.28. The topological polar surface area (TPSA) is 38.9 Å². The molecule has 0 aliphatic heterocycles. The molecule has 19 heavy (non-hydrogen) atoms. The summed E-state index contributed by atoms with van der Waals surface area (Å²) in [6.07, 6.45) is 2.59. The molecule has 3 aromatic rings. The van der Waals surface area contributed by atoms with E-state index >= 15 is 0 Å². The van der Waals surface area contributed by atoms with Crippen LogP contribution in [-0.2, 0) is 6.42 Å². The molecular weight excluding hydrogens is 320 g/mol. The minimum atomic E-state index is -0.0893. The first-order valence-corrected chi connectivity index (χ1v) is 7.74. The van der Waals surface area contributed by atoms with Crippen molar-refractivity contribution in [1.82, 2.24) is 4.98 Å². The fourth-order valence-electron chi connectivity index (χ4n) is 2.20. The predicted octanol–water partition coefficient (Wildman–Crippen LogP) is 4.30. The summed E-state index contributed by atoms with van der Waals surface area (Å²) in [6.45, 7) is 0. The zero-order valence-corrected chi connectivity index (χ0v) is 12.6. The second-order valence-electron chi connectivity index (χ2n) is 4.44. The highest BCUT2D eigenvalue weighted by Crippen LogP contribution is 2.29. The first-order valence-electron chi connectivity index (χ1n) is 6.07. The fourth-order valence-corrected chi connectivity index (χ4v) is 3.72. The lowest BCUT2D eigenvalue weighted by Gasteiger charge is -2.12. The average Bonchev–Trinajstić information content (AvgIpc) is 2.83. The van der Waals surface area contributed by atoms with Gasteiger partial charge in [-0.25, -0.2) is 0 Å². The van der Waals surface area contributed by atoms with E-state index in [1.807, 2.05) is 12.1 Å². The molecule has 0 saturated heterocycles. The van der Waals surface area contributed by atoms with Gasteiger partial charge < -0.3 is 5.73 Å². The van der Waals surface area contributed by atoms with Gasteiger partial charge in [-0.3, -0.25) is 4.98 Å². The molecule has 1 unspecified atom stereocenters. The highest BCUT2D eigenvalue weighted by atomic mass is 79.9. The lowest BCUT2D eigenvalue weighted by Crippen LogP contribution is -2.15. The zero-order chi connectivity index (χ0) is 13.2. The zero-order valence-electron chi connectivity index (χ0n) is 10.2. The number of benzene rings is 1. The summed E-state index contributed by atoms with van der Waals surface area (Å²) >= 11 is 5.28. The third-order valence-electron chi connectivity index (χ3n) is 3.14. The normalized spacial score (nSPS) is 12.7. The number of nitrogens with two attached hydrogens (primary N) is 1. The molecular formula is C15H13BrN2S. The molecule has 2 nitrogen and oxygen atoms in total. The highest BCUT2D eigenvalue weighted by Gasteiger charge is 2.14. The van der Waals surface area contributed by atoms with E-state index in [9.17, 15) is 0 Å². The van der Waals surface area contributed by atoms with Gasteiger partial charge >= 0.3 is 0 Å². The molecule has 0 aliphatic rings. The van der Waals surface area contributed by atoms with Crippen LogP contribution in [-0.4, -0.2) is 4.98 Å². The van der Waals surface area contributed by atoms with Gasteiger partial charge in [0.05, 0.1) is 11.7 Å². The second kappa shape index (κ2) is 5.41. The molecule has 0 spiro atoms. The van der Waals surface area contributed by atoms with E-state index in [2.05, 4.69) is 50.6 Å². The van der Waals surface area contributed by atoms with E-state index in [4.69, 9.17) is 5.73 Å². The van der Waals surface area contributed by atoms with Crippen molar-refractivity contribution >= 4 is 37.4 Å². The number of hydrogen-bond acceptors (Lipinski definition) is 3. The molecule has 0 aliphatic carbocycles. The molecule has 0 radical (unpaired) electrons. The molecule has 0 fully saturated rings. The van der Waals surface area contributed by atoms with Crippen LogP contribution in [0.5, 0.6) is 0 Å². The monoisotopic (exact) mass is 332 g/mol. The molecule has 1 atom stereocenters. The van der Waals surface area contributed by atoms with Gasteiger partial charge in [-0.2, -0.15) is 0 Å². The van der Waals surface area contributed by atoms with E-state index in [0.717, 1.165) is 16.6 Å². The van der Waals surface area contributed by atoms with Crippen LogP contribution in [0.4, 0.5) is 0 Å².